The SMILES string of the molecule is Cc1cc(-c2nc(CCC#N)cs2)ccc1F. The molecule has 0 saturated carbocycles. The Balaban J connectivity index is 2.25. The van der Waals surface area contributed by atoms with Crippen molar-refractivity contribution in [3.8, 4) is 16.6 Å². The van der Waals surface area contributed by atoms with Crippen LogP contribution in [0.15, 0.2) is 23.6 Å². The topological polar surface area (TPSA) is 36.7 Å². The number of hydrogen-bond donors (Lipinski definition) is 0. The maximum Gasteiger partial charge on any atom is 0.126 e. The number of thiazole rings is 1. The lowest BCUT2D eigenvalue weighted by Crippen LogP contribution is -1.86. The van der Waals surface area contributed by atoms with Gasteiger partial charge in [0.2, 0.25) is 0 Å². The molecular formula is C13H11FN2S. The summed E-state index contributed by atoms with van der Waals surface area (Å²) in [6.45, 7) is 1.74. The van der Waals surface area contributed by atoms with Gasteiger partial charge in [0.15, 0.2) is 0 Å². The van der Waals surface area contributed by atoms with Crippen LogP contribution in [0.1, 0.15) is 17.7 Å². The van der Waals surface area contributed by atoms with E-state index in [9.17, 15) is 4.39 Å². The van der Waals surface area contributed by atoms with Crippen LogP contribution in [0.25, 0.3) is 10.6 Å². The van der Waals surface area contributed by atoms with Crippen molar-refractivity contribution in [2.24, 2.45) is 0 Å². The Morgan fingerprint density at radius 2 is 2.29 bits per heavy atom. The first-order chi connectivity index (χ1) is 8.20. The molecule has 2 nitrogen and oxygen atoms in total. The molecule has 17 heavy (non-hydrogen) atoms. The van der Waals surface area contributed by atoms with E-state index >= 15 is 0 Å². The van der Waals surface area contributed by atoms with Gasteiger partial charge < -0.3 is 0 Å². The van der Waals surface area contributed by atoms with Crippen LogP contribution in [-0.4, -0.2) is 4.98 Å². The minimum atomic E-state index is -0.199. The van der Waals surface area contributed by atoms with Gasteiger partial charge in [-0.25, -0.2) is 9.37 Å². The molecule has 0 spiro atoms. The second-order valence-electron chi connectivity index (χ2n) is 3.77. The quantitative estimate of drug-likeness (QED) is 0.827. The van der Waals surface area contributed by atoms with E-state index in [1.165, 1.54) is 17.4 Å². The number of rotatable bonds is 3. The number of nitrogens with zero attached hydrogens (tertiary/aromatic N) is 2. The molecule has 2 rings (SSSR count). The highest BCUT2D eigenvalue weighted by Crippen LogP contribution is 2.25. The van der Waals surface area contributed by atoms with Crippen molar-refractivity contribution >= 4 is 11.3 Å². The number of aromatic nitrogens is 1. The van der Waals surface area contributed by atoms with Gasteiger partial charge in [-0.3, -0.25) is 0 Å². The molecule has 0 bridgehead atoms. The third-order valence-corrected chi connectivity index (χ3v) is 3.39. The van der Waals surface area contributed by atoms with Gasteiger partial charge in [0.05, 0.1) is 11.8 Å². The minimum Gasteiger partial charge on any atom is -0.241 e. The molecule has 0 atom stereocenters. The van der Waals surface area contributed by atoms with E-state index in [2.05, 4.69) is 11.1 Å². The molecule has 0 aliphatic heterocycles. The van der Waals surface area contributed by atoms with Gasteiger partial charge >= 0.3 is 0 Å². The number of nitriles is 1. The Bertz CT molecular complexity index is 569. The van der Waals surface area contributed by atoms with E-state index in [1.807, 2.05) is 5.38 Å². The minimum absolute atomic E-state index is 0.199. The first kappa shape index (κ1) is 11.7. The van der Waals surface area contributed by atoms with Crippen LogP contribution in [0.3, 0.4) is 0 Å². The molecule has 0 radical (unpaired) electrons. The average molecular weight is 246 g/mol. The molecule has 0 N–H and O–H groups in total. The maximum absolute atomic E-state index is 13.1. The highest BCUT2D eigenvalue weighted by Gasteiger charge is 2.06. The number of hydrogen-bond acceptors (Lipinski definition) is 3. The van der Waals surface area contributed by atoms with Gasteiger partial charge in [-0.05, 0) is 30.7 Å². The summed E-state index contributed by atoms with van der Waals surface area (Å²) in [4.78, 5) is 4.43. The van der Waals surface area contributed by atoms with Crippen LogP contribution in [-0.2, 0) is 6.42 Å². The van der Waals surface area contributed by atoms with Gasteiger partial charge in [-0.15, -0.1) is 11.3 Å². The fraction of sp³-hybridized carbons (Fsp3) is 0.231. The molecule has 2 aromatic rings. The van der Waals surface area contributed by atoms with Crippen molar-refractivity contribution in [3.63, 3.8) is 0 Å². The molecule has 0 unspecified atom stereocenters. The summed E-state index contributed by atoms with van der Waals surface area (Å²) in [6, 6.07) is 7.08. The standard InChI is InChI=1S/C13H11FN2S/c1-9-7-10(4-5-12(9)14)13-16-11(8-17-13)3-2-6-15/h4-5,7-8H,2-3H2,1H3. The summed E-state index contributed by atoms with van der Waals surface area (Å²) in [7, 11) is 0. The lowest BCUT2D eigenvalue weighted by atomic mass is 10.1. The summed E-state index contributed by atoms with van der Waals surface area (Å²) in [5, 5.41) is 11.3. The van der Waals surface area contributed by atoms with Crippen molar-refractivity contribution < 1.29 is 4.39 Å². The van der Waals surface area contributed by atoms with Crippen molar-refractivity contribution in [2.75, 3.05) is 0 Å². The highest BCUT2D eigenvalue weighted by molar-refractivity contribution is 7.13. The fourth-order valence-electron chi connectivity index (χ4n) is 1.52. The van der Waals surface area contributed by atoms with E-state index in [1.54, 1.807) is 19.1 Å². The molecule has 1 aromatic carbocycles. The first-order valence-electron chi connectivity index (χ1n) is 5.28. The van der Waals surface area contributed by atoms with E-state index < -0.39 is 0 Å². The molecule has 0 fully saturated rings. The summed E-state index contributed by atoms with van der Waals surface area (Å²) in [5.74, 6) is -0.199. The van der Waals surface area contributed by atoms with E-state index in [0.717, 1.165) is 16.3 Å². The third kappa shape index (κ3) is 2.69. The van der Waals surface area contributed by atoms with Crippen LogP contribution < -0.4 is 0 Å². The Morgan fingerprint density at radius 1 is 1.47 bits per heavy atom. The van der Waals surface area contributed by atoms with E-state index in [-0.39, 0.29) is 5.82 Å². The zero-order chi connectivity index (χ0) is 12.3. The Hall–Kier alpha value is -1.73. The largest absolute Gasteiger partial charge is 0.241 e. The fourth-order valence-corrected chi connectivity index (χ4v) is 2.37. The predicted octanol–water partition coefficient (Wildman–Crippen LogP) is 3.71. The lowest BCUT2D eigenvalue weighted by Gasteiger charge is -1.99. The zero-order valence-electron chi connectivity index (χ0n) is 9.40. The smallest absolute Gasteiger partial charge is 0.126 e. The Kier molecular flexibility index (Phi) is 3.50. The molecule has 1 aromatic heterocycles. The summed E-state index contributed by atoms with van der Waals surface area (Å²) in [5.41, 5.74) is 2.47. The second kappa shape index (κ2) is 5.07. The van der Waals surface area contributed by atoms with Gasteiger partial charge in [0.1, 0.15) is 10.8 Å². The van der Waals surface area contributed by atoms with Gasteiger partial charge in [-0.1, -0.05) is 0 Å². The third-order valence-electron chi connectivity index (χ3n) is 2.45. The van der Waals surface area contributed by atoms with Crippen molar-refractivity contribution in [1.82, 2.24) is 4.98 Å². The molecule has 0 amide bonds. The maximum atomic E-state index is 13.1. The first-order valence-corrected chi connectivity index (χ1v) is 6.16. The summed E-state index contributed by atoms with van der Waals surface area (Å²) < 4.78 is 13.1. The van der Waals surface area contributed by atoms with Crippen molar-refractivity contribution in [3.05, 3.63) is 40.7 Å². The number of aryl methyl sites for hydroxylation is 2. The number of benzene rings is 1. The van der Waals surface area contributed by atoms with Crippen LogP contribution in [0, 0.1) is 24.1 Å². The monoisotopic (exact) mass is 246 g/mol. The van der Waals surface area contributed by atoms with Crippen molar-refractivity contribution in [2.45, 2.75) is 19.8 Å². The summed E-state index contributed by atoms with van der Waals surface area (Å²) >= 11 is 1.52. The highest BCUT2D eigenvalue weighted by atomic mass is 32.1. The molecule has 4 heteroatoms. The van der Waals surface area contributed by atoms with Crippen LogP contribution >= 0.6 is 11.3 Å². The lowest BCUT2D eigenvalue weighted by molar-refractivity contribution is 0.619. The summed E-state index contributed by atoms with van der Waals surface area (Å²) in [6.07, 6.45) is 1.15. The van der Waals surface area contributed by atoms with Crippen LogP contribution in [0.4, 0.5) is 4.39 Å². The van der Waals surface area contributed by atoms with Crippen LogP contribution in [0.2, 0.25) is 0 Å². The van der Waals surface area contributed by atoms with E-state index in [4.69, 9.17) is 5.26 Å². The number of halogens is 1. The predicted molar refractivity (Wildman–Crippen MR) is 66.2 cm³/mol. The van der Waals surface area contributed by atoms with E-state index in [0.29, 0.717) is 18.4 Å². The van der Waals surface area contributed by atoms with Gasteiger partial charge in [0.25, 0.3) is 0 Å². The van der Waals surface area contributed by atoms with Gasteiger partial charge in [-0.2, -0.15) is 5.26 Å². The second-order valence-corrected chi connectivity index (χ2v) is 4.62. The average Bonchev–Trinajstić information content (AvgIpc) is 2.79. The zero-order valence-corrected chi connectivity index (χ0v) is 10.2. The molecule has 0 saturated heterocycles. The molecule has 86 valence electrons. The van der Waals surface area contributed by atoms with Crippen molar-refractivity contribution in [1.29, 1.82) is 5.26 Å². The molecule has 0 aliphatic carbocycles. The van der Waals surface area contributed by atoms with Crippen LogP contribution in [0.5, 0.6) is 0 Å². The van der Waals surface area contributed by atoms with Gasteiger partial charge in [0, 0.05) is 23.8 Å². The Morgan fingerprint density at radius 3 is 3.00 bits per heavy atom. The molecule has 1 heterocycles. The normalized spacial score (nSPS) is 10.2. The molecule has 0 aliphatic rings. The molecular weight excluding hydrogens is 235 g/mol. The Labute approximate surface area is 103 Å².